The van der Waals surface area contributed by atoms with Gasteiger partial charge in [0, 0.05) is 16.4 Å². The van der Waals surface area contributed by atoms with Crippen molar-refractivity contribution in [3.8, 4) is 10.6 Å². The summed E-state index contributed by atoms with van der Waals surface area (Å²) < 4.78 is 0. The van der Waals surface area contributed by atoms with Crippen molar-refractivity contribution in [3.05, 3.63) is 40.9 Å². The maximum atomic E-state index is 9.42. The monoisotopic (exact) mass is 259 g/mol. The Kier molecular flexibility index (Phi) is 2.96. The zero-order chi connectivity index (χ0) is 12.6. The minimum absolute atomic E-state index is 0.0158. The highest BCUT2D eigenvalue weighted by Gasteiger charge is 2.45. The van der Waals surface area contributed by atoms with E-state index >= 15 is 0 Å². The van der Waals surface area contributed by atoms with Crippen LogP contribution in [0.15, 0.2) is 29.6 Å². The summed E-state index contributed by atoms with van der Waals surface area (Å²) >= 11 is 1.68. The van der Waals surface area contributed by atoms with Crippen LogP contribution in [0, 0.1) is 0 Å². The lowest BCUT2D eigenvalue weighted by Crippen LogP contribution is -2.11. The number of benzene rings is 1. The number of nitrogens with zero attached hydrogens (tertiary/aromatic N) is 1. The smallest absolute Gasteiger partial charge is 0.123 e. The Morgan fingerprint density at radius 2 is 2.00 bits per heavy atom. The molecule has 18 heavy (non-hydrogen) atoms. The van der Waals surface area contributed by atoms with E-state index in [0.717, 1.165) is 30.0 Å². The van der Waals surface area contributed by atoms with Crippen LogP contribution in [-0.4, -0.2) is 16.7 Å². The van der Waals surface area contributed by atoms with Crippen LogP contribution in [0.2, 0.25) is 0 Å². The van der Waals surface area contributed by atoms with Crippen molar-refractivity contribution in [2.45, 2.75) is 31.6 Å². The Hall–Kier alpha value is -1.19. The number of aromatic nitrogens is 1. The Bertz CT molecular complexity index is 540. The molecule has 1 aromatic heterocycles. The van der Waals surface area contributed by atoms with E-state index < -0.39 is 0 Å². The molecule has 0 amide bonds. The minimum Gasteiger partial charge on any atom is -0.395 e. The third-order valence-corrected chi connectivity index (χ3v) is 4.70. The number of rotatable bonds is 4. The molecule has 1 fully saturated rings. The average Bonchev–Trinajstić information content (AvgIpc) is 3.08. The molecule has 1 N–H and O–H groups in total. The van der Waals surface area contributed by atoms with Crippen molar-refractivity contribution in [2.24, 2.45) is 0 Å². The van der Waals surface area contributed by atoms with Gasteiger partial charge in [-0.15, -0.1) is 11.3 Å². The number of aliphatic hydroxyl groups excluding tert-OH is 1. The van der Waals surface area contributed by atoms with Gasteiger partial charge >= 0.3 is 0 Å². The zero-order valence-electron chi connectivity index (χ0n) is 10.5. The van der Waals surface area contributed by atoms with E-state index in [1.165, 1.54) is 11.1 Å². The molecule has 0 spiro atoms. The molecule has 0 radical (unpaired) electrons. The fourth-order valence-electron chi connectivity index (χ4n) is 2.18. The van der Waals surface area contributed by atoms with E-state index in [9.17, 15) is 5.11 Å². The highest BCUT2D eigenvalue weighted by molar-refractivity contribution is 7.13. The lowest BCUT2D eigenvalue weighted by Gasteiger charge is -2.06. The second-order valence-electron chi connectivity index (χ2n) is 5.03. The lowest BCUT2D eigenvalue weighted by atomic mass is 10.1. The van der Waals surface area contributed by atoms with Crippen LogP contribution in [0.1, 0.15) is 31.0 Å². The molecule has 2 nitrogen and oxygen atoms in total. The molecule has 2 aromatic rings. The molecule has 1 aromatic carbocycles. The van der Waals surface area contributed by atoms with Crippen LogP contribution in [0.25, 0.3) is 10.6 Å². The predicted octanol–water partition coefficient (Wildman–Crippen LogP) is 3.40. The van der Waals surface area contributed by atoms with Gasteiger partial charge in [0.05, 0.1) is 12.3 Å². The normalized spacial score (nSPS) is 16.8. The van der Waals surface area contributed by atoms with Crippen LogP contribution >= 0.6 is 11.3 Å². The zero-order valence-corrected chi connectivity index (χ0v) is 11.3. The van der Waals surface area contributed by atoms with Crippen LogP contribution in [-0.2, 0) is 11.8 Å². The first-order chi connectivity index (χ1) is 8.77. The maximum Gasteiger partial charge on any atom is 0.123 e. The van der Waals surface area contributed by atoms with Gasteiger partial charge in [-0.3, -0.25) is 0 Å². The van der Waals surface area contributed by atoms with Gasteiger partial charge in [-0.25, -0.2) is 4.98 Å². The third-order valence-electron chi connectivity index (χ3n) is 3.81. The standard InChI is InChI=1S/C15H17NOS/c1-2-11-3-5-12(6-4-11)14-16-13(9-18-14)15(10-17)7-8-15/h3-6,9,17H,2,7-8,10H2,1H3. The van der Waals surface area contributed by atoms with Crippen LogP contribution in [0.4, 0.5) is 0 Å². The number of aliphatic hydroxyl groups is 1. The van der Waals surface area contributed by atoms with Gasteiger partial charge in [0.2, 0.25) is 0 Å². The van der Waals surface area contributed by atoms with E-state index in [2.05, 4.69) is 36.6 Å². The van der Waals surface area contributed by atoms with Gasteiger partial charge in [0.15, 0.2) is 0 Å². The van der Waals surface area contributed by atoms with Crippen molar-refractivity contribution in [2.75, 3.05) is 6.61 Å². The summed E-state index contributed by atoms with van der Waals surface area (Å²) in [7, 11) is 0. The fraction of sp³-hybridized carbons (Fsp3) is 0.400. The number of thiazole rings is 1. The SMILES string of the molecule is CCc1ccc(-c2nc(C3(CO)CC3)cs2)cc1. The van der Waals surface area contributed by atoms with Gasteiger partial charge < -0.3 is 5.11 Å². The Balaban J connectivity index is 1.88. The third kappa shape index (κ3) is 1.98. The van der Waals surface area contributed by atoms with Crippen LogP contribution in [0.3, 0.4) is 0 Å². The summed E-state index contributed by atoms with van der Waals surface area (Å²) in [4.78, 5) is 4.70. The molecule has 0 aliphatic heterocycles. The Morgan fingerprint density at radius 1 is 1.28 bits per heavy atom. The van der Waals surface area contributed by atoms with Crippen LogP contribution in [0.5, 0.6) is 0 Å². The molecule has 1 heterocycles. The molecular weight excluding hydrogens is 242 g/mol. The molecule has 3 rings (SSSR count). The number of hydrogen-bond donors (Lipinski definition) is 1. The summed E-state index contributed by atoms with van der Waals surface area (Å²) in [6, 6.07) is 8.60. The van der Waals surface area contributed by atoms with Gasteiger partial charge in [-0.1, -0.05) is 31.2 Å². The van der Waals surface area contributed by atoms with Crippen molar-refractivity contribution >= 4 is 11.3 Å². The first-order valence-corrected chi connectivity index (χ1v) is 7.31. The van der Waals surface area contributed by atoms with E-state index in [1.54, 1.807) is 11.3 Å². The number of aryl methyl sites for hydroxylation is 1. The predicted molar refractivity (Wildman–Crippen MR) is 74.9 cm³/mol. The maximum absolute atomic E-state index is 9.42. The van der Waals surface area contributed by atoms with Crippen molar-refractivity contribution in [3.63, 3.8) is 0 Å². The summed E-state index contributed by atoms with van der Waals surface area (Å²) in [5, 5.41) is 12.6. The fourth-order valence-corrected chi connectivity index (χ4v) is 3.13. The Labute approximate surface area is 111 Å². The van der Waals surface area contributed by atoms with Gasteiger partial charge in [0.1, 0.15) is 5.01 Å². The topological polar surface area (TPSA) is 33.1 Å². The van der Waals surface area contributed by atoms with E-state index in [0.29, 0.717) is 0 Å². The molecule has 0 unspecified atom stereocenters. The Morgan fingerprint density at radius 3 is 2.56 bits per heavy atom. The van der Waals surface area contributed by atoms with Crippen molar-refractivity contribution < 1.29 is 5.11 Å². The molecular formula is C15H17NOS. The lowest BCUT2D eigenvalue weighted by molar-refractivity contribution is 0.253. The molecule has 3 heteroatoms. The minimum atomic E-state index is -0.0158. The summed E-state index contributed by atoms with van der Waals surface area (Å²) in [5.74, 6) is 0. The highest BCUT2D eigenvalue weighted by atomic mass is 32.1. The molecule has 0 saturated heterocycles. The van der Waals surface area contributed by atoms with Gasteiger partial charge in [-0.2, -0.15) is 0 Å². The molecule has 0 atom stereocenters. The van der Waals surface area contributed by atoms with E-state index in [-0.39, 0.29) is 12.0 Å². The molecule has 1 saturated carbocycles. The molecule has 1 aliphatic carbocycles. The average molecular weight is 259 g/mol. The summed E-state index contributed by atoms with van der Waals surface area (Å²) in [5.41, 5.74) is 3.59. The molecule has 1 aliphatic rings. The summed E-state index contributed by atoms with van der Waals surface area (Å²) in [6.07, 6.45) is 3.21. The second-order valence-corrected chi connectivity index (χ2v) is 5.88. The van der Waals surface area contributed by atoms with Gasteiger partial charge in [0.25, 0.3) is 0 Å². The van der Waals surface area contributed by atoms with Crippen molar-refractivity contribution in [1.29, 1.82) is 0 Å². The molecule has 0 bridgehead atoms. The second kappa shape index (κ2) is 4.48. The van der Waals surface area contributed by atoms with Crippen molar-refractivity contribution in [1.82, 2.24) is 4.98 Å². The highest BCUT2D eigenvalue weighted by Crippen LogP contribution is 2.48. The van der Waals surface area contributed by atoms with Crippen LogP contribution < -0.4 is 0 Å². The number of hydrogen-bond acceptors (Lipinski definition) is 3. The first kappa shape index (κ1) is 11.9. The summed E-state index contributed by atoms with van der Waals surface area (Å²) in [6.45, 7) is 2.39. The van der Waals surface area contributed by atoms with Gasteiger partial charge in [-0.05, 0) is 24.8 Å². The van der Waals surface area contributed by atoms with E-state index in [1.807, 2.05) is 0 Å². The molecule has 94 valence electrons. The largest absolute Gasteiger partial charge is 0.395 e. The first-order valence-electron chi connectivity index (χ1n) is 6.43. The quantitative estimate of drug-likeness (QED) is 0.913. The van der Waals surface area contributed by atoms with E-state index in [4.69, 9.17) is 4.98 Å².